The van der Waals surface area contributed by atoms with E-state index < -0.39 is 0 Å². The lowest BCUT2D eigenvalue weighted by Crippen LogP contribution is -2.54. The highest BCUT2D eigenvalue weighted by molar-refractivity contribution is 6.06. The highest BCUT2D eigenvalue weighted by Crippen LogP contribution is 2.24. The van der Waals surface area contributed by atoms with Crippen molar-refractivity contribution in [3.05, 3.63) is 29.8 Å². The van der Waals surface area contributed by atoms with E-state index in [1.165, 1.54) is 0 Å². The molecular weight excluding hydrogens is 268 g/mol. The van der Waals surface area contributed by atoms with Gasteiger partial charge in [-0.25, -0.2) is 0 Å². The van der Waals surface area contributed by atoms with Crippen molar-refractivity contribution in [3.8, 4) is 5.75 Å². The van der Waals surface area contributed by atoms with E-state index in [0.717, 1.165) is 43.3 Å². The Morgan fingerprint density at radius 3 is 2.29 bits per heavy atom. The Morgan fingerprint density at radius 2 is 1.76 bits per heavy atom. The molecule has 116 valence electrons. The summed E-state index contributed by atoms with van der Waals surface area (Å²) in [5.41, 5.74) is 1.72. The molecule has 1 aromatic carbocycles. The van der Waals surface area contributed by atoms with E-state index in [1.807, 2.05) is 24.3 Å². The van der Waals surface area contributed by atoms with Crippen molar-refractivity contribution in [2.24, 2.45) is 5.16 Å². The molecule has 0 aliphatic carbocycles. The monoisotopic (exact) mass is 292 g/mol. The second-order valence-electron chi connectivity index (χ2n) is 5.51. The van der Waals surface area contributed by atoms with Gasteiger partial charge in [-0.1, -0.05) is 5.16 Å². The summed E-state index contributed by atoms with van der Waals surface area (Å²) < 4.78 is 10.7. The van der Waals surface area contributed by atoms with Crippen molar-refractivity contribution in [2.75, 3.05) is 40.5 Å². The summed E-state index contributed by atoms with van der Waals surface area (Å²) in [6.07, 6.45) is 0. The molecule has 0 spiro atoms. The van der Waals surface area contributed by atoms with Gasteiger partial charge >= 0.3 is 0 Å². The van der Waals surface area contributed by atoms with E-state index in [9.17, 15) is 0 Å². The molecule has 0 bridgehead atoms. The number of nitrogens with zero attached hydrogens (tertiary/aromatic N) is 2. The minimum absolute atomic E-state index is 0.228. The van der Waals surface area contributed by atoms with Gasteiger partial charge in [-0.2, -0.15) is 0 Å². The van der Waals surface area contributed by atoms with Crippen molar-refractivity contribution in [1.29, 1.82) is 0 Å². The highest BCUT2D eigenvalue weighted by Gasteiger charge is 2.34. The van der Waals surface area contributed by atoms with Gasteiger partial charge in [-0.3, -0.25) is 4.90 Å². The first-order chi connectivity index (χ1) is 10.1. The number of methoxy groups -OCH3 is 1. The summed E-state index contributed by atoms with van der Waals surface area (Å²) in [5, 5.41) is 4.29. The van der Waals surface area contributed by atoms with E-state index in [1.54, 1.807) is 14.2 Å². The summed E-state index contributed by atoms with van der Waals surface area (Å²) in [5.74, 6) is 0.833. The average molecular weight is 292 g/mol. The van der Waals surface area contributed by atoms with Gasteiger partial charge in [-0.05, 0) is 38.1 Å². The Bertz CT molecular complexity index is 477. The molecule has 0 saturated carbocycles. The van der Waals surface area contributed by atoms with E-state index in [0.29, 0.717) is 0 Å². The second-order valence-corrected chi connectivity index (χ2v) is 5.51. The molecule has 1 aliphatic heterocycles. The van der Waals surface area contributed by atoms with Gasteiger partial charge < -0.3 is 14.3 Å². The van der Waals surface area contributed by atoms with Crippen molar-refractivity contribution >= 4 is 5.71 Å². The fourth-order valence-electron chi connectivity index (χ4n) is 2.63. The molecule has 0 amide bonds. The van der Waals surface area contributed by atoms with Crippen molar-refractivity contribution < 1.29 is 14.3 Å². The smallest absolute Gasteiger partial charge is 0.118 e. The standard InChI is InChI=1S/C16H24N2O3/c1-16(2,18-9-11-21-12-10-18)15(17-20-4)13-5-7-14(19-3)8-6-13/h5-8H,9-12H2,1-4H3. The predicted octanol–water partition coefficient (Wildman–Crippen LogP) is 2.16. The lowest BCUT2D eigenvalue weighted by molar-refractivity contribution is 0.00922. The lowest BCUT2D eigenvalue weighted by Gasteiger charge is -2.41. The van der Waals surface area contributed by atoms with Crippen molar-refractivity contribution in [3.63, 3.8) is 0 Å². The Balaban J connectivity index is 2.30. The zero-order valence-corrected chi connectivity index (χ0v) is 13.3. The Morgan fingerprint density at radius 1 is 1.14 bits per heavy atom. The minimum Gasteiger partial charge on any atom is -0.497 e. The maximum atomic E-state index is 5.44. The maximum Gasteiger partial charge on any atom is 0.118 e. The maximum absolute atomic E-state index is 5.44. The normalized spacial score (nSPS) is 17.6. The van der Waals surface area contributed by atoms with Crippen molar-refractivity contribution in [2.45, 2.75) is 19.4 Å². The highest BCUT2D eigenvalue weighted by atomic mass is 16.6. The van der Waals surface area contributed by atoms with E-state index in [-0.39, 0.29) is 5.54 Å². The van der Waals surface area contributed by atoms with Crippen LogP contribution in [0.15, 0.2) is 29.4 Å². The van der Waals surface area contributed by atoms with Gasteiger partial charge in [0.25, 0.3) is 0 Å². The van der Waals surface area contributed by atoms with Crippen LogP contribution in [0.2, 0.25) is 0 Å². The molecule has 1 aliphatic rings. The molecule has 0 N–H and O–H groups in total. The molecule has 21 heavy (non-hydrogen) atoms. The first kappa shape index (κ1) is 15.8. The van der Waals surface area contributed by atoms with Crippen LogP contribution in [0.5, 0.6) is 5.75 Å². The van der Waals surface area contributed by atoms with Crippen LogP contribution in [-0.2, 0) is 9.57 Å². The van der Waals surface area contributed by atoms with Gasteiger partial charge in [0, 0.05) is 18.7 Å². The van der Waals surface area contributed by atoms with E-state index in [2.05, 4.69) is 23.9 Å². The van der Waals surface area contributed by atoms with Gasteiger partial charge in [0.15, 0.2) is 0 Å². The lowest BCUT2D eigenvalue weighted by atomic mass is 9.90. The molecular formula is C16H24N2O3. The Hall–Kier alpha value is -1.59. The van der Waals surface area contributed by atoms with Crippen molar-refractivity contribution in [1.82, 2.24) is 4.90 Å². The van der Waals surface area contributed by atoms with Crippen LogP contribution >= 0.6 is 0 Å². The van der Waals surface area contributed by atoms with Crippen LogP contribution in [0.25, 0.3) is 0 Å². The summed E-state index contributed by atoms with van der Waals surface area (Å²) in [7, 11) is 3.25. The molecule has 2 rings (SSSR count). The zero-order chi connectivity index (χ0) is 15.3. The average Bonchev–Trinajstić information content (AvgIpc) is 2.53. The fourth-order valence-corrected chi connectivity index (χ4v) is 2.63. The first-order valence-electron chi connectivity index (χ1n) is 7.18. The van der Waals surface area contributed by atoms with Gasteiger partial charge in [-0.15, -0.1) is 0 Å². The molecule has 1 fully saturated rings. The van der Waals surface area contributed by atoms with Gasteiger partial charge in [0.05, 0.1) is 25.9 Å². The molecule has 0 unspecified atom stereocenters. The summed E-state index contributed by atoms with van der Waals surface area (Å²) in [6, 6.07) is 7.91. The second kappa shape index (κ2) is 6.91. The number of morpholine rings is 1. The summed E-state index contributed by atoms with van der Waals surface area (Å²) in [4.78, 5) is 7.46. The van der Waals surface area contributed by atoms with Crippen LogP contribution < -0.4 is 4.74 Å². The number of ether oxygens (including phenoxy) is 2. The topological polar surface area (TPSA) is 43.3 Å². The fraction of sp³-hybridized carbons (Fsp3) is 0.562. The molecule has 1 saturated heterocycles. The largest absolute Gasteiger partial charge is 0.497 e. The van der Waals surface area contributed by atoms with Gasteiger partial charge in [0.2, 0.25) is 0 Å². The zero-order valence-electron chi connectivity index (χ0n) is 13.3. The molecule has 0 radical (unpaired) electrons. The third-order valence-corrected chi connectivity index (χ3v) is 3.93. The molecule has 5 heteroatoms. The number of hydrogen-bond donors (Lipinski definition) is 0. The van der Waals surface area contributed by atoms with Crippen LogP contribution in [0.1, 0.15) is 19.4 Å². The molecule has 0 aromatic heterocycles. The van der Waals surface area contributed by atoms with Gasteiger partial charge in [0.1, 0.15) is 18.6 Å². The summed E-state index contributed by atoms with van der Waals surface area (Å²) in [6.45, 7) is 7.64. The third kappa shape index (κ3) is 3.54. The van der Waals surface area contributed by atoms with Crippen LogP contribution in [0.3, 0.4) is 0 Å². The predicted molar refractivity (Wildman–Crippen MR) is 83.0 cm³/mol. The van der Waals surface area contributed by atoms with E-state index >= 15 is 0 Å². The molecule has 5 nitrogen and oxygen atoms in total. The van der Waals surface area contributed by atoms with Crippen LogP contribution in [0, 0.1) is 0 Å². The van der Waals surface area contributed by atoms with Crippen LogP contribution in [0.4, 0.5) is 0 Å². The number of hydrogen-bond acceptors (Lipinski definition) is 5. The summed E-state index contributed by atoms with van der Waals surface area (Å²) >= 11 is 0. The minimum atomic E-state index is -0.228. The SMILES string of the molecule is CON=C(c1ccc(OC)cc1)C(C)(C)N1CCOCC1. The molecule has 1 aromatic rings. The Kier molecular flexibility index (Phi) is 5.20. The number of rotatable bonds is 5. The Labute approximate surface area is 126 Å². The number of oxime groups is 1. The molecule has 0 atom stereocenters. The number of benzene rings is 1. The third-order valence-electron chi connectivity index (χ3n) is 3.93. The molecule has 1 heterocycles. The van der Waals surface area contributed by atoms with Crippen LogP contribution in [-0.4, -0.2) is 56.7 Å². The van der Waals surface area contributed by atoms with E-state index in [4.69, 9.17) is 14.3 Å². The quantitative estimate of drug-likeness (QED) is 0.616. The first-order valence-corrected chi connectivity index (χ1v) is 7.18.